The fraction of sp³-hybridized carbons (Fsp3) is 0. The van der Waals surface area contributed by atoms with E-state index in [1.807, 2.05) is 6.07 Å². The van der Waals surface area contributed by atoms with Crippen LogP contribution in [0.15, 0.2) is 65.6 Å². The number of hydrogen-bond acceptors (Lipinski definition) is 4. The predicted molar refractivity (Wildman–Crippen MR) is 83.3 cm³/mol. The summed E-state index contributed by atoms with van der Waals surface area (Å²) >= 11 is 0. The Morgan fingerprint density at radius 2 is 1.43 bits per heavy atom. The lowest BCUT2D eigenvalue weighted by Crippen LogP contribution is -2.31. The first-order valence-corrected chi connectivity index (χ1v) is 8.05. The number of imide groups is 1. The molecule has 0 aliphatic carbocycles. The van der Waals surface area contributed by atoms with Crippen molar-refractivity contribution in [2.45, 2.75) is 4.90 Å². The molecule has 0 spiro atoms. The van der Waals surface area contributed by atoms with Crippen LogP contribution in [0.3, 0.4) is 0 Å². The minimum atomic E-state index is -4.62. The lowest BCUT2D eigenvalue weighted by Gasteiger charge is -2.17. The van der Waals surface area contributed by atoms with Crippen LogP contribution < -0.4 is 4.90 Å². The molecule has 0 fully saturated rings. The molecule has 0 unspecified atom stereocenters. The molecule has 2 aromatic carbocycles. The Bertz CT molecular complexity index is 914. The molecule has 2 amide bonds. The number of nitrogens with zero attached hydrogens (tertiary/aromatic N) is 1. The Hall–Kier alpha value is -2.77. The van der Waals surface area contributed by atoms with E-state index < -0.39 is 26.8 Å². The van der Waals surface area contributed by atoms with E-state index in [1.54, 1.807) is 30.3 Å². The molecule has 7 heteroatoms. The minimum absolute atomic E-state index is 0.174. The van der Waals surface area contributed by atoms with Gasteiger partial charge in [-0.05, 0) is 23.3 Å². The number of benzene rings is 2. The van der Waals surface area contributed by atoms with E-state index in [1.165, 1.54) is 12.1 Å². The molecule has 0 saturated heterocycles. The molecule has 1 aliphatic heterocycles. The molecule has 0 aromatic heterocycles. The number of anilines is 1. The fourth-order valence-electron chi connectivity index (χ4n) is 2.35. The summed E-state index contributed by atoms with van der Waals surface area (Å²) in [5, 5.41) is 0. The second-order valence-corrected chi connectivity index (χ2v) is 6.26. The molecule has 0 atom stereocenters. The lowest BCUT2D eigenvalue weighted by molar-refractivity contribution is -0.120. The maximum Gasteiger partial charge on any atom is 0.296 e. The van der Waals surface area contributed by atoms with Gasteiger partial charge < -0.3 is 0 Å². The van der Waals surface area contributed by atoms with Crippen LogP contribution in [0.2, 0.25) is 0 Å². The molecule has 0 bridgehead atoms. The molecule has 116 valence electrons. The molecule has 3 rings (SSSR count). The Morgan fingerprint density at radius 1 is 0.826 bits per heavy atom. The SMILES string of the molecule is O=C1C=CC(=O)N1c1ccc(-c2ccccc2)cc1S(=O)(=O)O. The van der Waals surface area contributed by atoms with Crippen LogP contribution in [-0.4, -0.2) is 24.8 Å². The minimum Gasteiger partial charge on any atom is -0.282 e. The zero-order valence-corrected chi connectivity index (χ0v) is 12.5. The third kappa shape index (κ3) is 2.79. The number of rotatable bonds is 3. The molecule has 6 nitrogen and oxygen atoms in total. The summed E-state index contributed by atoms with van der Waals surface area (Å²) in [5.74, 6) is -1.32. The molecule has 2 aromatic rings. The van der Waals surface area contributed by atoms with E-state index in [0.29, 0.717) is 10.5 Å². The average Bonchev–Trinajstić information content (AvgIpc) is 2.86. The van der Waals surface area contributed by atoms with Crippen molar-refractivity contribution < 1.29 is 22.6 Å². The van der Waals surface area contributed by atoms with Gasteiger partial charge in [0, 0.05) is 12.2 Å². The summed E-state index contributed by atoms with van der Waals surface area (Å²) in [6.07, 6.45) is 2.09. The first-order valence-electron chi connectivity index (χ1n) is 6.61. The van der Waals surface area contributed by atoms with Crippen LogP contribution in [0.1, 0.15) is 0 Å². The van der Waals surface area contributed by atoms with E-state index >= 15 is 0 Å². The van der Waals surface area contributed by atoms with Crippen molar-refractivity contribution in [3.05, 3.63) is 60.7 Å². The summed E-state index contributed by atoms with van der Waals surface area (Å²) in [6.45, 7) is 0. The highest BCUT2D eigenvalue weighted by Gasteiger charge is 2.30. The monoisotopic (exact) mass is 329 g/mol. The second kappa shape index (κ2) is 5.45. The van der Waals surface area contributed by atoms with Crippen molar-refractivity contribution in [1.82, 2.24) is 0 Å². The van der Waals surface area contributed by atoms with Gasteiger partial charge in [0.1, 0.15) is 4.90 Å². The van der Waals surface area contributed by atoms with Crippen LogP contribution in [-0.2, 0) is 19.7 Å². The van der Waals surface area contributed by atoms with Gasteiger partial charge in [0.2, 0.25) is 0 Å². The third-order valence-corrected chi connectivity index (χ3v) is 4.28. The Labute approximate surface area is 132 Å². The Morgan fingerprint density at radius 3 is 2.00 bits per heavy atom. The van der Waals surface area contributed by atoms with Crippen LogP contribution in [0.25, 0.3) is 11.1 Å². The zero-order chi connectivity index (χ0) is 16.6. The van der Waals surface area contributed by atoms with Crippen LogP contribution in [0.5, 0.6) is 0 Å². The van der Waals surface area contributed by atoms with Crippen molar-refractivity contribution in [3.8, 4) is 11.1 Å². The van der Waals surface area contributed by atoms with Gasteiger partial charge in [-0.15, -0.1) is 0 Å². The standard InChI is InChI=1S/C16H11NO5S/c18-15-8-9-16(19)17(15)13-7-6-12(10-14(13)23(20,21)22)11-4-2-1-3-5-11/h1-10H,(H,20,21,22). The smallest absolute Gasteiger partial charge is 0.282 e. The highest BCUT2D eigenvalue weighted by atomic mass is 32.2. The topological polar surface area (TPSA) is 91.8 Å². The highest BCUT2D eigenvalue weighted by molar-refractivity contribution is 7.86. The summed E-state index contributed by atoms with van der Waals surface area (Å²) in [7, 11) is -4.62. The molecular formula is C16H11NO5S. The largest absolute Gasteiger partial charge is 0.296 e. The third-order valence-electron chi connectivity index (χ3n) is 3.40. The van der Waals surface area contributed by atoms with E-state index in [-0.39, 0.29) is 5.69 Å². The van der Waals surface area contributed by atoms with Crippen molar-refractivity contribution in [2.24, 2.45) is 0 Å². The van der Waals surface area contributed by atoms with Gasteiger partial charge in [-0.3, -0.25) is 14.1 Å². The summed E-state index contributed by atoms with van der Waals surface area (Å²) in [6, 6.07) is 13.1. The average molecular weight is 329 g/mol. The quantitative estimate of drug-likeness (QED) is 0.687. The van der Waals surface area contributed by atoms with Crippen molar-refractivity contribution >= 4 is 27.6 Å². The van der Waals surface area contributed by atoms with Crippen molar-refractivity contribution in [3.63, 3.8) is 0 Å². The van der Waals surface area contributed by atoms with Gasteiger partial charge in [0.25, 0.3) is 21.9 Å². The molecule has 0 radical (unpaired) electrons. The summed E-state index contributed by atoms with van der Waals surface area (Å²) < 4.78 is 32.9. The van der Waals surface area contributed by atoms with E-state index in [4.69, 9.17) is 0 Å². The molecule has 1 N–H and O–H groups in total. The number of carbonyl (C=O) groups is 2. The van der Waals surface area contributed by atoms with E-state index in [9.17, 15) is 22.6 Å². The highest BCUT2D eigenvalue weighted by Crippen LogP contribution is 2.32. The predicted octanol–water partition coefficient (Wildman–Crippen LogP) is 2.03. The van der Waals surface area contributed by atoms with Gasteiger partial charge in [0.05, 0.1) is 5.69 Å². The van der Waals surface area contributed by atoms with Crippen LogP contribution in [0.4, 0.5) is 5.69 Å². The molecule has 1 heterocycles. The van der Waals surface area contributed by atoms with E-state index in [0.717, 1.165) is 17.7 Å². The number of hydrogen-bond donors (Lipinski definition) is 1. The Balaban J connectivity index is 2.19. The van der Waals surface area contributed by atoms with Gasteiger partial charge in [-0.2, -0.15) is 8.42 Å². The summed E-state index contributed by atoms with van der Waals surface area (Å²) in [5.41, 5.74) is 1.10. The second-order valence-electron chi connectivity index (χ2n) is 4.87. The van der Waals surface area contributed by atoms with Crippen molar-refractivity contribution in [1.29, 1.82) is 0 Å². The van der Waals surface area contributed by atoms with Gasteiger partial charge in [-0.1, -0.05) is 36.4 Å². The normalized spacial score (nSPS) is 14.6. The molecule has 23 heavy (non-hydrogen) atoms. The molecule has 0 saturated carbocycles. The first kappa shape index (κ1) is 15.1. The van der Waals surface area contributed by atoms with Crippen LogP contribution in [0, 0.1) is 0 Å². The molecule has 1 aliphatic rings. The van der Waals surface area contributed by atoms with Gasteiger partial charge >= 0.3 is 0 Å². The van der Waals surface area contributed by atoms with Gasteiger partial charge in [0.15, 0.2) is 0 Å². The number of carbonyl (C=O) groups excluding carboxylic acids is 2. The first-order chi connectivity index (χ1) is 10.9. The zero-order valence-electron chi connectivity index (χ0n) is 11.7. The van der Waals surface area contributed by atoms with Crippen molar-refractivity contribution in [2.75, 3.05) is 4.90 Å². The van der Waals surface area contributed by atoms with Crippen LogP contribution >= 0.6 is 0 Å². The molecular weight excluding hydrogens is 318 g/mol. The Kier molecular flexibility index (Phi) is 3.59. The fourth-order valence-corrected chi connectivity index (χ4v) is 3.05. The lowest BCUT2D eigenvalue weighted by atomic mass is 10.1. The van der Waals surface area contributed by atoms with Gasteiger partial charge in [-0.25, -0.2) is 4.90 Å². The maximum absolute atomic E-state index is 11.8. The maximum atomic E-state index is 11.8. The van der Waals surface area contributed by atoms with E-state index in [2.05, 4.69) is 0 Å². The number of amides is 2. The summed E-state index contributed by atoms with van der Waals surface area (Å²) in [4.78, 5) is 23.7.